The lowest BCUT2D eigenvalue weighted by Gasteiger charge is -2.21. The Bertz CT molecular complexity index is 913. The molecule has 23 heavy (non-hydrogen) atoms. The number of carbonyl (C=O) groups is 3. The molecule has 112 valence electrons. The highest BCUT2D eigenvalue weighted by Crippen LogP contribution is 2.37. The molecule has 0 heterocycles. The van der Waals surface area contributed by atoms with Crippen LogP contribution in [0.15, 0.2) is 41.3 Å². The molecule has 5 nitrogen and oxygen atoms in total. The van der Waals surface area contributed by atoms with E-state index in [0.29, 0.717) is 16.0 Å². The summed E-state index contributed by atoms with van der Waals surface area (Å²) in [6.45, 7) is 1.33. The molecule has 1 aliphatic rings. The summed E-state index contributed by atoms with van der Waals surface area (Å²) in [5.74, 6) is -0.994. The summed E-state index contributed by atoms with van der Waals surface area (Å²) in [5, 5.41) is 13.4. The highest BCUT2D eigenvalue weighted by Gasteiger charge is 2.34. The van der Waals surface area contributed by atoms with E-state index in [2.05, 4.69) is 5.32 Å². The third-order valence-electron chi connectivity index (χ3n) is 3.50. The van der Waals surface area contributed by atoms with Crippen LogP contribution >= 0.6 is 11.8 Å². The van der Waals surface area contributed by atoms with Gasteiger partial charge in [0.25, 0.3) is 0 Å². The molecular formula is C17H10N2O3S. The minimum atomic E-state index is -0.341. The van der Waals surface area contributed by atoms with Gasteiger partial charge >= 0.3 is 0 Å². The van der Waals surface area contributed by atoms with E-state index in [9.17, 15) is 14.4 Å². The number of hydrogen-bond acceptors (Lipinski definition) is 5. The van der Waals surface area contributed by atoms with E-state index in [1.807, 2.05) is 5.40 Å². The van der Waals surface area contributed by atoms with Crippen LogP contribution in [0.1, 0.15) is 38.8 Å². The maximum Gasteiger partial charge on any atom is 0.221 e. The van der Waals surface area contributed by atoms with Gasteiger partial charge in [0.2, 0.25) is 5.91 Å². The van der Waals surface area contributed by atoms with E-state index in [0.717, 1.165) is 11.8 Å². The highest BCUT2D eigenvalue weighted by atomic mass is 32.2. The first-order valence-corrected chi connectivity index (χ1v) is 7.55. The molecule has 0 saturated carbocycles. The van der Waals surface area contributed by atoms with Crippen LogP contribution in [0.4, 0.5) is 5.69 Å². The predicted molar refractivity (Wildman–Crippen MR) is 85.5 cm³/mol. The molecule has 3 rings (SSSR count). The van der Waals surface area contributed by atoms with Crippen molar-refractivity contribution in [3.05, 3.63) is 58.7 Å². The van der Waals surface area contributed by atoms with Gasteiger partial charge in [-0.15, -0.1) is 0 Å². The normalized spacial score (nSPS) is 12.2. The van der Waals surface area contributed by atoms with Gasteiger partial charge in [0, 0.05) is 22.9 Å². The Morgan fingerprint density at radius 2 is 1.65 bits per heavy atom. The topological polar surface area (TPSA) is 87.0 Å². The number of nitriles is 1. The van der Waals surface area contributed by atoms with Gasteiger partial charge in [0.1, 0.15) is 5.40 Å². The van der Waals surface area contributed by atoms with Crippen molar-refractivity contribution in [2.45, 2.75) is 11.8 Å². The maximum atomic E-state index is 12.8. The number of amides is 1. The lowest BCUT2D eigenvalue weighted by molar-refractivity contribution is -0.114. The fourth-order valence-corrected chi connectivity index (χ4v) is 3.15. The molecule has 0 unspecified atom stereocenters. The zero-order chi connectivity index (χ0) is 16.6. The van der Waals surface area contributed by atoms with Crippen molar-refractivity contribution in [1.82, 2.24) is 0 Å². The average molecular weight is 322 g/mol. The van der Waals surface area contributed by atoms with E-state index in [1.165, 1.54) is 6.92 Å². The van der Waals surface area contributed by atoms with Crippen LogP contribution in [0.3, 0.4) is 0 Å². The number of rotatable bonds is 2. The number of benzene rings is 2. The second-order valence-corrected chi connectivity index (χ2v) is 5.77. The van der Waals surface area contributed by atoms with Gasteiger partial charge in [-0.1, -0.05) is 24.3 Å². The summed E-state index contributed by atoms with van der Waals surface area (Å²) in [5.41, 5.74) is 1.21. The summed E-state index contributed by atoms with van der Waals surface area (Å²) in [7, 11) is 0. The van der Waals surface area contributed by atoms with E-state index < -0.39 is 0 Å². The lowest BCUT2D eigenvalue weighted by atomic mass is 9.83. The summed E-state index contributed by atoms with van der Waals surface area (Å²) < 4.78 is 0. The van der Waals surface area contributed by atoms with Crippen molar-refractivity contribution < 1.29 is 14.4 Å². The molecule has 0 atom stereocenters. The Morgan fingerprint density at radius 1 is 1.04 bits per heavy atom. The van der Waals surface area contributed by atoms with Gasteiger partial charge in [0.15, 0.2) is 11.6 Å². The molecule has 2 aromatic carbocycles. The van der Waals surface area contributed by atoms with Crippen LogP contribution in [-0.2, 0) is 4.79 Å². The van der Waals surface area contributed by atoms with Gasteiger partial charge in [-0.25, -0.2) is 0 Å². The zero-order valence-electron chi connectivity index (χ0n) is 12.0. The SMILES string of the molecule is CC(=O)Nc1ccc(SC#N)c2c1C(=O)c1ccccc1C2=O. The maximum absolute atomic E-state index is 12.8. The Balaban J connectivity index is 2.32. The Morgan fingerprint density at radius 3 is 2.22 bits per heavy atom. The fraction of sp³-hybridized carbons (Fsp3) is 0.0588. The lowest BCUT2D eigenvalue weighted by Crippen LogP contribution is -2.24. The number of carbonyl (C=O) groups excluding carboxylic acids is 3. The monoisotopic (exact) mass is 322 g/mol. The van der Waals surface area contributed by atoms with Crippen molar-refractivity contribution in [2.75, 3.05) is 5.32 Å². The van der Waals surface area contributed by atoms with E-state index >= 15 is 0 Å². The number of thioether (sulfide) groups is 1. The van der Waals surface area contributed by atoms with Crippen molar-refractivity contribution in [3.63, 3.8) is 0 Å². The van der Waals surface area contributed by atoms with Crippen LogP contribution in [-0.4, -0.2) is 17.5 Å². The molecule has 0 radical (unpaired) electrons. The fourth-order valence-electron chi connectivity index (χ4n) is 2.62. The molecule has 1 N–H and O–H groups in total. The molecule has 0 aromatic heterocycles. The van der Waals surface area contributed by atoms with Crippen molar-refractivity contribution in [1.29, 1.82) is 5.26 Å². The Labute approximate surface area is 136 Å². The molecule has 0 fully saturated rings. The van der Waals surface area contributed by atoms with Crippen LogP contribution in [0, 0.1) is 10.7 Å². The second kappa shape index (κ2) is 5.71. The van der Waals surface area contributed by atoms with Gasteiger partial charge in [0.05, 0.1) is 16.8 Å². The Kier molecular flexibility index (Phi) is 3.72. The summed E-state index contributed by atoms with van der Waals surface area (Å²) >= 11 is 0.818. The van der Waals surface area contributed by atoms with Gasteiger partial charge in [-0.2, -0.15) is 5.26 Å². The number of thiocyanates is 1. The van der Waals surface area contributed by atoms with Gasteiger partial charge in [-0.3, -0.25) is 14.4 Å². The van der Waals surface area contributed by atoms with E-state index in [1.54, 1.807) is 36.4 Å². The van der Waals surface area contributed by atoms with Crippen LogP contribution < -0.4 is 5.32 Å². The van der Waals surface area contributed by atoms with E-state index in [-0.39, 0.29) is 34.3 Å². The minimum absolute atomic E-state index is 0.143. The highest BCUT2D eigenvalue weighted by molar-refractivity contribution is 8.03. The predicted octanol–water partition coefficient (Wildman–Crippen LogP) is 2.99. The smallest absolute Gasteiger partial charge is 0.221 e. The number of hydrogen-bond donors (Lipinski definition) is 1. The second-order valence-electron chi connectivity index (χ2n) is 4.94. The first-order chi connectivity index (χ1) is 11.0. The quantitative estimate of drug-likeness (QED) is 0.579. The van der Waals surface area contributed by atoms with Crippen molar-refractivity contribution in [2.24, 2.45) is 0 Å². The summed E-state index contributed by atoms with van der Waals surface area (Å²) in [4.78, 5) is 37.4. The van der Waals surface area contributed by atoms with Crippen LogP contribution in [0.5, 0.6) is 0 Å². The average Bonchev–Trinajstić information content (AvgIpc) is 2.53. The minimum Gasteiger partial charge on any atom is -0.326 e. The van der Waals surface area contributed by atoms with Crippen molar-refractivity contribution >= 4 is 34.9 Å². The van der Waals surface area contributed by atoms with E-state index in [4.69, 9.17) is 5.26 Å². The standard InChI is InChI=1S/C17H10N2O3S/c1-9(20)19-12-6-7-13(23-8-18)15-14(12)16(21)10-4-2-3-5-11(10)17(15)22/h2-7H,1H3,(H,19,20). The number of fused-ring (bicyclic) bond motifs is 2. The zero-order valence-corrected chi connectivity index (χ0v) is 12.9. The van der Waals surface area contributed by atoms with Crippen LogP contribution in [0.2, 0.25) is 0 Å². The number of ketones is 2. The molecule has 0 bridgehead atoms. The van der Waals surface area contributed by atoms with Crippen LogP contribution in [0.25, 0.3) is 0 Å². The molecule has 6 heteroatoms. The van der Waals surface area contributed by atoms with Gasteiger partial charge in [-0.05, 0) is 23.9 Å². The number of nitrogens with zero attached hydrogens (tertiary/aromatic N) is 1. The molecule has 0 aliphatic heterocycles. The molecule has 0 saturated heterocycles. The Hall–Kier alpha value is -2.91. The first-order valence-electron chi connectivity index (χ1n) is 6.73. The summed E-state index contributed by atoms with van der Waals surface area (Å²) in [6, 6.07) is 9.64. The largest absolute Gasteiger partial charge is 0.326 e. The third kappa shape index (κ3) is 2.41. The molecule has 1 aliphatic carbocycles. The number of anilines is 1. The molecule has 1 amide bonds. The molecule has 2 aromatic rings. The molecule has 0 spiro atoms. The van der Waals surface area contributed by atoms with Crippen molar-refractivity contribution in [3.8, 4) is 5.40 Å². The number of nitrogens with one attached hydrogen (secondary N) is 1. The summed E-state index contributed by atoms with van der Waals surface area (Å²) in [6.07, 6.45) is 0. The first kappa shape index (κ1) is 15.0. The van der Waals surface area contributed by atoms with Gasteiger partial charge < -0.3 is 5.32 Å². The third-order valence-corrected chi connectivity index (χ3v) is 4.16. The molecular weight excluding hydrogens is 312 g/mol.